The average molecular weight is 276 g/mol. The molecule has 104 valence electrons. The number of hydrogen-bond acceptors (Lipinski definition) is 2. The summed E-state index contributed by atoms with van der Waals surface area (Å²) in [7, 11) is 0. The zero-order valence-electron chi connectivity index (χ0n) is 11.6. The first-order valence-electron chi connectivity index (χ1n) is 7.64. The summed E-state index contributed by atoms with van der Waals surface area (Å²) < 4.78 is 0. The highest BCUT2D eigenvalue weighted by Gasteiger charge is 2.37. The van der Waals surface area contributed by atoms with E-state index in [4.69, 9.17) is 0 Å². The van der Waals surface area contributed by atoms with Gasteiger partial charge in [-0.25, -0.2) is 0 Å². The number of hydrogen-bond donors (Lipinski definition) is 1. The molecule has 2 aliphatic carbocycles. The molecule has 1 aromatic rings. The summed E-state index contributed by atoms with van der Waals surface area (Å²) in [5, 5.41) is 14.0. The molecule has 0 bridgehead atoms. The third-order valence-corrected chi connectivity index (χ3v) is 5.91. The second-order valence-electron chi connectivity index (χ2n) is 6.48. The van der Waals surface area contributed by atoms with Crippen LogP contribution >= 0.6 is 11.3 Å². The number of thiophene rings is 1. The van der Waals surface area contributed by atoms with E-state index in [0.29, 0.717) is 5.41 Å². The van der Waals surface area contributed by atoms with E-state index >= 15 is 0 Å². The van der Waals surface area contributed by atoms with Crippen LogP contribution in [0.2, 0.25) is 0 Å². The van der Waals surface area contributed by atoms with Crippen molar-refractivity contribution < 1.29 is 5.11 Å². The van der Waals surface area contributed by atoms with Crippen LogP contribution in [0.25, 0.3) is 6.08 Å². The van der Waals surface area contributed by atoms with E-state index in [2.05, 4.69) is 29.0 Å². The molecule has 19 heavy (non-hydrogen) atoms. The summed E-state index contributed by atoms with van der Waals surface area (Å²) in [5.41, 5.74) is 1.94. The van der Waals surface area contributed by atoms with Crippen LogP contribution in [0.4, 0.5) is 0 Å². The summed E-state index contributed by atoms with van der Waals surface area (Å²) in [6.45, 7) is 0. The number of allylic oxidation sites excluding steroid dienone is 1. The highest BCUT2D eigenvalue weighted by Crippen LogP contribution is 2.49. The topological polar surface area (TPSA) is 20.2 Å². The van der Waals surface area contributed by atoms with Gasteiger partial charge in [0.15, 0.2) is 0 Å². The van der Waals surface area contributed by atoms with Crippen molar-refractivity contribution in [1.29, 1.82) is 0 Å². The van der Waals surface area contributed by atoms with Crippen molar-refractivity contribution >= 4 is 17.4 Å². The largest absolute Gasteiger partial charge is 0.393 e. The van der Waals surface area contributed by atoms with Gasteiger partial charge in [-0.15, -0.1) is 0 Å². The SMILES string of the molecule is OC1CCC2(CC1)CCC(/C=C\c1ccsc1)CC2. The first kappa shape index (κ1) is 13.4. The Labute approximate surface area is 120 Å². The van der Waals surface area contributed by atoms with Gasteiger partial charge in [0.1, 0.15) is 0 Å². The molecule has 0 saturated heterocycles. The van der Waals surface area contributed by atoms with Crippen LogP contribution in [0.1, 0.15) is 56.9 Å². The summed E-state index contributed by atoms with van der Waals surface area (Å²) in [4.78, 5) is 0. The van der Waals surface area contributed by atoms with Gasteiger partial charge in [-0.3, -0.25) is 0 Å². The molecule has 2 aliphatic rings. The van der Waals surface area contributed by atoms with E-state index in [1.54, 1.807) is 11.3 Å². The lowest BCUT2D eigenvalue weighted by molar-refractivity contribution is 0.0336. The molecule has 0 aromatic carbocycles. The molecule has 0 amide bonds. The van der Waals surface area contributed by atoms with Crippen LogP contribution in [0.5, 0.6) is 0 Å². The van der Waals surface area contributed by atoms with Gasteiger partial charge in [0, 0.05) is 0 Å². The molecule has 1 aromatic heterocycles. The van der Waals surface area contributed by atoms with Gasteiger partial charge in [-0.05, 0) is 85.1 Å². The smallest absolute Gasteiger partial charge is 0.0540 e. The van der Waals surface area contributed by atoms with E-state index in [0.717, 1.165) is 18.8 Å². The predicted molar refractivity (Wildman–Crippen MR) is 82.2 cm³/mol. The van der Waals surface area contributed by atoms with Crippen molar-refractivity contribution in [3.05, 3.63) is 28.5 Å². The third kappa shape index (κ3) is 3.29. The molecule has 0 aliphatic heterocycles. The molecule has 0 atom stereocenters. The monoisotopic (exact) mass is 276 g/mol. The van der Waals surface area contributed by atoms with Crippen molar-refractivity contribution in [3.8, 4) is 0 Å². The van der Waals surface area contributed by atoms with Gasteiger partial charge in [-0.1, -0.05) is 12.2 Å². The Bertz CT molecular complexity index is 402. The first-order chi connectivity index (χ1) is 9.26. The van der Waals surface area contributed by atoms with Gasteiger partial charge >= 0.3 is 0 Å². The fourth-order valence-electron chi connectivity index (χ4n) is 3.78. The van der Waals surface area contributed by atoms with Crippen molar-refractivity contribution in [3.63, 3.8) is 0 Å². The maximum Gasteiger partial charge on any atom is 0.0540 e. The first-order valence-corrected chi connectivity index (χ1v) is 8.59. The van der Waals surface area contributed by atoms with E-state index < -0.39 is 0 Å². The van der Waals surface area contributed by atoms with Crippen molar-refractivity contribution in [2.24, 2.45) is 11.3 Å². The molecule has 1 heterocycles. The molecule has 1 N–H and O–H groups in total. The Morgan fingerprint density at radius 3 is 2.42 bits per heavy atom. The minimum atomic E-state index is -0.0122. The highest BCUT2D eigenvalue weighted by molar-refractivity contribution is 7.08. The van der Waals surface area contributed by atoms with Crippen molar-refractivity contribution in [1.82, 2.24) is 0 Å². The van der Waals surface area contributed by atoms with Crippen LogP contribution in [-0.2, 0) is 0 Å². The van der Waals surface area contributed by atoms with E-state index in [1.165, 1.54) is 44.1 Å². The van der Waals surface area contributed by atoms with E-state index in [9.17, 15) is 5.11 Å². The molecule has 0 unspecified atom stereocenters. The fourth-order valence-corrected chi connectivity index (χ4v) is 4.41. The highest BCUT2D eigenvalue weighted by atomic mass is 32.1. The molecular formula is C17H24OS. The Hall–Kier alpha value is -0.600. The summed E-state index contributed by atoms with van der Waals surface area (Å²) >= 11 is 1.77. The molecule has 2 saturated carbocycles. The van der Waals surface area contributed by atoms with Crippen LogP contribution in [-0.4, -0.2) is 11.2 Å². The van der Waals surface area contributed by atoms with E-state index in [1.807, 2.05) is 0 Å². The number of aliphatic hydroxyl groups excluding tert-OH is 1. The fraction of sp³-hybridized carbons (Fsp3) is 0.647. The Balaban J connectivity index is 1.52. The molecule has 3 rings (SSSR count). The molecule has 0 radical (unpaired) electrons. The molecule has 2 fully saturated rings. The van der Waals surface area contributed by atoms with Gasteiger partial charge in [-0.2, -0.15) is 11.3 Å². The maximum absolute atomic E-state index is 9.65. The molecule has 1 spiro atoms. The Morgan fingerprint density at radius 2 is 1.79 bits per heavy atom. The Morgan fingerprint density at radius 1 is 1.11 bits per heavy atom. The summed E-state index contributed by atoms with van der Waals surface area (Å²) in [6, 6.07) is 2.19. The third-order valence-electron chi connectivity index (χ3n) is 5.21. The van der Waals surface area contributed by atoms with Crippen molar-refractivity contribution in [2.75, 3.05) is 0 Å². The molecule has 1 nitrogen and oxygen atoms in total. The molecular weight excluding hydrogens is 252 g/mol. The van der Waals surface area contributed by atoms with Gasteiger partial charge in [0.05, 0.1) is 6.10 Å². The summed E-state index contributed by atoms with van der Waals surface area (Å²) in [6.07, 6.45) is 14.7. The van der Waals surface area contributed by atoms with Crippen LogP contribution < -0.4 is 0 Å². The zero-order chi connectivity index (χ0) is 13.1. The van der Waals surface area contributed by atoms with Crippen molar-refractivity contribution in [2.45, 2.75) is 57.5 Å². The lowest BCUT2D eigenvalue weighted by atomic mass is 9.63. The minimum absolute atomic E-state index is 0.0122. The lowest BCUT2D eigenvalue weighted by Crippen LogP contribution is -2.33. The average Bonchev–Trinajstić information content (AvgIpc) is 2.95. The Kier molecular flexibility index (Phi) is 4.09. The lowest BCUT2D eigenvalue weighted by Gasteiger charge is -2.43. The van der Waals surface area contributed by atoms with Crippen LogP contribution in [0.15, 0.2) is 22.9 Å². The number of aliphatic hydroxyl groups is 1. The van der Waals surface area contributed by atoms with Crippen LogP contribution in [0.3, 0.4) is 0 Å². The normalized spacial score (nSPS) is 36.1. The predicted octanol–water partition coefficient (Wildman–Crippen LogP) is 4.87. The second kappa shape index (κ2) is 5.80. The van der Waals surface area contributed by atoms with E-state index in [-0.39, 0.29) is 6.10 Å². The maximum atomic E-state index is 9.65. The molecule has 2 heteroatoms. The quantitative estimate of drug-likeness (QED) is 0.817. The van der Waals surface area contributed by atoms with Gasteiger partial charge < -0.3 is 5.11 Å². The second-order valence-corrected chi connectivity index (χ2v) is 7.26. The summed E-state index contributed by atoms with van der Waals surface area (Å²) in [5.74, 6) is 0.775. The van der Waals surface area contributed by atoms with Crippen LogP contribution in [0, 0.1) is 11.3 Å². The van der Waals surface area contributed by atoms with Gasteiger partial charge in [0.25, 0.3) is 0 Å². The standard InChI is InChI=1S/C17H24OS/c18-16-5-10-17(11-6-16)8-3-14(4-9-17)1-2-15-7-12-19-13-15/h1-2,7,12-14,16,18H,3-6,8-11H2/b2-1-. The van der Waals surface area contributed by atoms with Gasteiger partial charge in [0.2, 0.25) is 0 Å². The zero-order valence-corrected chi connectivity index (χ0v) is 12.4. The number of rotatable bonds is 2. The minimum Gasteiger partial charge on any atom is -0.393 e.